The van der Waals surface area contributed by atoms with Gasteiger partial charge in [0.15, 0.2) is 0 Å². The molecule has 0 saturated heterocycles. The standard InChI is InChI=1S/C19H23ClN4O3/c1-18(2,3)15(11-24-9-5-8-21-24)23-17(26)19(4)16(25)22-13-10-12(20)6-7-14(13)27-19/h5-10,15H,11H2,1-4H3,(H,22,25)(H,23,26). The first kappa shape index (κ1) is 19.2. The number of rotatable bonds is 4. The summed E-state index contributed by atoms with van der Waals surface area (Å²) in [5.41, 5.74) is -1.50. The lowest BCUT2D eigenvalue weighted by atomic mass is 9.86. The van der Waals surface area contributed by atoms with Crippen molar-refractivity contribution in [2.45, 2.75) is 45.9 Å². The van der Waals surface area contributed by atoms with Gasteiger partial charge in [0.25, 0.3) is 17.4 Å². The van der Waals surface area contributed by atoms with Crippen molar-refractivity contribution in [3.05, 3.63) is 41.7 Å². The van der Waals surface area contributed by atoms with Gasteiger partial charge in [0.05, 0.1) is 18.3 Å². The minimum Gasteiger partial charge on any atom is -0.466 e. The summed E-state index contributed by atoms with van der Waals surface area (Å²) in [6.07, 6.45) is 3.51. The molecule has 0 aliphatic carbocycles. The molecule has 2 unspecified atom stereocenters. The van der Waals surface area contributed by atoms with Gasteiger partial charge in [0, 0.05) is 17.4 Å². The minimum atomic E-state index is -1.69. The summed E-state index contributed by atoms with van der Waals surface area (Å²) in [5, 5.41) is 10.3. The quantitative estimate of drug-likeness (QED) is 0.786. The van der Waals surface area contributed by atoms with E-state index < -0.39 is 17.4 Å². The molecule has 2 N–H and O–H groups in total. The van der Waals surface area contributed by atoms with Crippen molar-refractivity contribution >= 4 is 29.1 Å². The van der Waals surface area contributed by atoms with Gasteiger partial charge in [-0.2, -0.15) is 5.10 Å². The number of hydrogen-bond acceptors (Lipinski definition) is 4. The average molecular weight is 391 g/mol. The Morgan fingerprint density at radius 3 is 2.81 bits per heavy atom. The van der Waals surface area contributed by atoms with Gasteiger partial charge < -0.3 is 15.4 Å². The van der Waals surface area contributed by atoms with Crippen LogP contribution in [-0.4, -0.2) is 33.2 Å². The number of nitrogens with one attached hydrogen (secondary N) is 2. The van der Waals surface area contributed by atoms with Gasteiger partial charge in [-0.25, -0.2) is 0 Å². The van der Waals surface area contributed by atoms with Crippen molar-refractivity contribution in [3.63, 3.8) is 0 Å². The predicted molar refractivity (Wildman–Crippen MR) is 103 cm³/mol. The number of benzene rings is 1. The second-order valence-corrected chi connectivity index (χ2v) is 8.29. The first-order chi connectivity index (χ1) is 12.6. The van der Waals surface area contributed by atoms with Crippen LogP contribution < -0.4 is 15.4 Å². The van der Waals surface area contributed by atoms with Gasteiger partial charge in [0.1, 0.15) is 5.75 Å². The maximum atomic E-state index is 13.0. The molecule has 1 aliphatic heterocycles. The highest BCUT2D eigenvalue weighted by Crippen LogP contribution is 2.36. The Morgan fingerprint density at radius 2 is 2.19 bits per heavy atom. The zero-order valence-electron chi connectivity index (χ0n) is 15.7. The molecule has 2 atom stereocenters. The second-order valence-electron chi connectivity index (χ2n) is 7.85. The van der Waals surface area contributed by atoms with Crippen molar-refractivity contribution in [2.24, 2.45) is 5.41 Å². The smallest absolute Gasteiger partial charge is 0.278 e. The Hall–Kier alpha value is -2.54. The van der Waals surface area contributed by atoms with Crippen LogP contribution in [0.5, 0.6) is 5.75 Å². The maximum Gasteiger partial charge on any atom is 0.278 e. The minimum absolute atomic E-state index is 0.255. The van der Waals surface area contributed by atoms with E-state index in [1.807, 2.05) is 33.0 Å². The van der Waals surface area contributed by atoms with E-state index in [1.54, 1.807) is 29.1 Å². The second kappa shape index (κ2) is 6.88. The lowest BCUT2D eigenvalue weighted by Gasteiger charge is -2.37. The third-order valence-corrected chi connectivity index (χ3v) is 4.89. The molecule has 27 heavy (non-hydrogen) atoms. The summed E-state index contributed by atoms with van der Waals surface area (Å²) in [5.74, 6) is -0.648. The molecule has 2 amide bonds. The number of anilines is 1. The van der Waals surface area contributed by atoms with E-state index in [-0.39, 0.29) is 11.5 Å². The SMILES string of the molecule is CC1(C(=O)NC(Cn2cccn2)C(C)(C)C)Oc2ccc(Cl)cc2NC1=O. The molecule has 1 aliphatic rings. The molecule has 0 saturated carbocycles. The number of nitrogens with zero attached hydrogens (tertiary/aromatic N) is 2. The highest BCUT2D eigenvalue weighted by atomic mass is 35.5. The van der Waals surface area contributed by atoms with Crippen LogP contribution in [0.15, 0.2) is 36.7 Å². The van der Waals surface area contributed by atoms with Crippen molar-refractivity contribution in [3.8, 4) is 5.75 Å². The summed E-state index contributed by atoms with van der Waals surface area (Å²) in [4.78, 5) is 25.7. The van der Waals surface area contributed by atoms with E-state index in [0.29, 0.717) is 23.0 Å². The van der Waals surface area contributed by atoms with Crippen molar-refractivity contribution in [2.75, 3.05) is 5.32 Å². The molecular weight excluding hydrogens is 368 g/mol. The third-order valence-electron chi connectivity index (χ3n) is 4.65. The number of amides is 2. The normalized spacial score (nSPS) is 20.3. The Bertz CT molecular complexity index is 860. The van der Waals surface area contributed by atoms with Crippen LogP contribution in [0.25, 0.3) is 0 Å². The predicted octanol–water partition coefficient (Wildman–Crippen LogP) is 2.86. The van der Waals surface area contributed by atoms with Crippen molar-refractivity contribution in [1.82, 2.24) is 15.1 Å². The number of halogens is 1. The summed E-state index contributed by atoms with van der Waals surface area (Å²) in [7, 11) is 0. The molecule has 0 radical (unpaired) electrons. The van der Waals surface area contributed by atoms with Gasteiger partial charge in [-0.3, -0.25) is 14.3 Å². The van der Waals surface area contributed by atoms with Crippen LogP contribution in [0, 0.1) is 5.41 Å². The van der Waals surface area contributed by atoms with Gasteiger partial charge in [-0.1, -0.05) is 32.4 Å². The van der Waals surface area contributed by atoms with Gasteiger partial charge in [0.2, 0.25) is 0 Å². The van der Waals surface area contributed by atoms with Crippen LogP contribution in [0.3, 0.4) is 0 Å². The number of hydrogen-bond donors (Lipinski definition) is 2. The molecular formula is C19H23ClN4O3. The Balaban J connectivity index is 1.82. The molecule has 0 spiro atoms. The van der Waals surface area contributed by atoms with E-state index >= 15 is 0 Å². The largest absolute Gasteiger partial charge is 0.466 e. The first-order valence-electron chi connectivity index (χ1n) is 8.68. The zero-order chi connectivity index (χ0) is 19.8. The van der Waals surface area contributed by atoms with Crippen molar-refractivity contribution in [1.29, 1.82) is 0 Å². The van der Waals surface area contributed by atoms with Gasteiger partial charge in [-0.15, -0.1) is 0 Å². The summed E-state index contributed by atoms with van der Waals surface area (Å²) in [6, 6.07) is 6.43. The lowest BCUT2D eigenvalue weighted by molar-refractivity contribution is -0.147. The highest BCUT2D eigenvalue weighted by Gasteiger charge is 2.48. The number of carbonyl (C=O) groups is 2. The van der Waals surface area contributed by atoms with Gasteiger partial charge in [-0.05, 0) is 36.6 Å². The first-order valence-corrected chi connectivity index (χ1v) is 9.06. The molecule has 3 rings (SSSR count). The fourth-order valence-corrected chi connectivity index (χ4v) is 2.95. The van der Waals surface area contributed by atoms with Gasteiger partial charge >= 0.3 is 0 Å². The zero-order valence-corrected chi connectivity index (χ0v) is 16.5. The van der Waals surface area contributed by atoms with Crippen LogP contribution in [0.1, 0.15) is 27.7 Å². The molecule has 1 aromatic heterocycles. The van der Waals surface area contributed by atoms with Crippen LogP contribution in [0.4, 0.5) is 5.69 Å². The van der Waals surface area contributed by atoms with E-state index in [1.165, 1.54) is 6.92 Å². The Labute approximate surface area is 163 Å². The molecule has 144 valence electrons. The number of aromatic nitrogens is 2. The molecule has 7 nitrogen and oxygen atoms in total. The Morgan fingerprint density at radius 1 is 1.44 bits per heavy atom. The maximum absolute atomic E-state index is 13.0. The monoisotopic (exact) mass is 390 g/mol. The van der Waals surface area contributed by atoms with Crippen LogP contribution in [0.2, 0.25) is 5.02 Å². The average Bonchev–Trinajstić information content (AvgIpc) is 3.08. The fraction of sp³-hybridized carbons (Fsp3) is 0.421. The topological polar surface area (TPSA) is 85.2 Å². The molecule has 0 bridgehead atoms. The summed E-state index contributed by atoms with van der Waals surface area (Å²) in [6.45, 7) is 7.99. The molecule has 0 fully saturated rings. The number of fused-ring (bicyclic) bond motifs is 1. The van der Waals surface area contributed by atoms with Crippen LogP contribution >= 0.6 is 11.6 Å². The number of ether oxygens (including phenoxy) is 1. The van der Waals surface area contributed by atoms with Crippen LogP contribution in [-0.2, 0) is 16.1 Å². The van der Waals surface area contributed by atoms with E-state index in [2.05, 4.69) is 15.7 Å². The van der Waals surface area contributed by atoms with Crippen molar-refractivity contribution < 1.29 is 14.3 Å². The molecule has 2 heterocycles. The number of carbonyl (C=O) groups excluding carboxylic acids is 2. The van der Waals surface area contributed by atoms with E-state index in [4.69, 9.17) is 16.3 Å². The van der Waals surface area contributed by atoms with E-state index in [0.717, 1.165) is 0 Å². The molecule has 2 aromatic rings. The third kappa shape index (κ3) is 3.93. The summed E-state index contributed by atoms with van der Waals surface area (Å²) >= 11 is 5.95. The lowest BCUT2D eigenvalue weighted by Crippen LogP contribution is -2.62. The molecule has 8 heteroatoms. The fourth-order valence-electron chi connectivity index (χ4n) is 2.77. The van der Waals surface area contributed by atoms with E-state index in [9.17, 15) is 9.59 Å². The summed E-state index contributed by atoms with van der Waals surface area (Å²) < 4.78 is 7.54. The Kier molecular flexibility index (Phi) is 4.90. The molecule has 1 aromatic carbocycles. The highest BCUT2D eigenvalue weighted by molar-refractivity contribution is 6.31.